The molecule has 4 aromatic heterocycles. The maximum atomic E-state index is 16.2. The first-order valence-electron chi connectivity index (χ1n) is 16.8. The summed E-state index contributed by atoms with van der Waals surface area (Å²) in [6, 6.07) is 8.54. The number of pyridine rings is 2. The second-order valence-corrected chi connectivity index (χ2v) is 14.0. The number of aromatic nitrogens is 4. The zero-order chi connectivity index (χ0) is 35.3. The van der Waals surface area contributed by atoms with Gasteiger partial charge in [0.25, 0.3) is 0 Å². The molecule has 3 unspecified atom stereocenters. The molecule has 1 saturated heterocycles. The largest absolute Gasteiger partial charge is 0.490 e. The zero-order valence-electron chi connectivity index (χ0n) is 28.9. The Morgan fingerprint density at radius 2 is 1.92 bits per heavy atom. The van der Waals surface area contributed by atoms with Crippen molar-refractivity contribution in [3.8, 4) is 39.5 Å². The number of rotatable bonds is 9. The third kappa shape index (κ3) is 5.88. The van der Waals surface area contributed by atoms with E-state index in [0.717, 1.165) is 51.5 Å². The lowest BCUT2D eigenvalue weighted by atomic mass is 9.95. The van der Waals surface area contributed by atoms with Crippen LogP contribution in [-0.4, -0.2) is 75.4 Å². The van der Waals surface area contributed by atoms with Gasteiger partial charge in [0.2, 0.25) is 5.91 Å². The number of carbonyl (C=O) groups excluding carboxylic acids is 1. The fourth-order valence-corrected chi connectivity index (χ4v) is 8.29. The molecule has 3 atom stereocenters. The van der Waals surface area contributed by atoms with E-state index in [0.29, 0.717) is 41.8 Å². The van der Waals surface area contributed by atoms with E-state index in [-0.39, 0.29) is 42.5 Å². The van der Waals surface area contributed by atoms with E-state index in [1.165, 1.54) is 30.6 Å². The van der Waals surface area contributed by atoms with Crippen molar-refractivity contribution >= 4 is 27.3 Å². The molecule has 0 bridgehead atoms. The summed E-state index contributed by atoms with van der Waals surface area (Å²) >= 11 is 1.44. The molecule has 2 aliphatic rings. The highest BCUT2D eigenvalue weighted by Crippen LogP contribution is 2.48. The minimum absolute atomic E-state index is 0.0443. The van der Waals surface area contributed by atoms with Gasteiger partial charge in [0, 0.05) is 71.0 Å². The summed E-state index contributed by atoms with van der Waals surface area (Å²) in [5, 5.41) is 7.74. The number of benzene rings is 1. The van der Waals surface area contributed by atoms with Crippen molar-refractivity contribution in [2.24, 2.45) is 0 Å². The molecule has 7 rings (SSSR count). The van der Waals surface area contributed by atoms with Crippen LogP contribution < -0.4 is 4.74 Å². The summed E-state index contributed by atoms with van der Waals surface area (Å²) in [4.78, 5) is 27.0. The van der Waals surface area contributed by atoms with Gasteiger partial charge in [-0.2, -0.15) is 5.10 Å². The topological polar surface area (TPSA) is 85.6 Å². The van der Waals surface area contributed by atoms with Gasteiger partial charge >= 0.3 is 0 Å². The number of hydrogen-bond donors (Lipinski definition) is 0. The van der Waals surface area contributed by atoms with Crippen LogP contribution in [0.5, 0.6) is 5.75 Å². The molecule has 0 aliphatic carbocycles. The van der Waals surface area contributed by atoms with E-state index in [4.69, 9.17) is 24.5 Å². The zero-order valence-corrected chi connectivity index (χ0v) is 29.7. The number of methoxy groups -OCH3 is 1. The lowest BCUT2D eigenvalue weighted by Gasteiger charge is -2.33. The van der Waals surface area contributed by atoms with Gasteiger partial charge in [0.15, 0.2) is 0 Å². The molecule has 1 fully saturated rings. The fourth-order valence-electron chi connectivity index (χ4n) is 7.35. The Morgan fingerprint density at radius 1 is 1.10 bits per heavy atom. The molecule has 50 heavy (non-hydrogen) atoms. The van der Waals surface area contributed by atoms with Crippen molar-refractivity contribution in [2.75, 3.05) is 33.9 Å². The van der Waals surface area contributed by atoms with E-state index in [2.05, 4.69) is 31.5 Å². The van der Waals surface area contributed by atoms with Crippen molar-refractivity contribution < 1.29 is 23.0 Å². The van der Waals surface area contributed by atoms with Crippen LogP contribution in [0.2, 0.25) is 0 Å². The van der Waals surface area contributed by atoms with Crippen molar-refractivity contribution in [2.45, 2.75) is 58.3 Å². The molecule has 1 amide bonds. The van der Waals surface area contributed by atoms with Gasteiger partial charge in [0.1, 0.15) is 35.4 Å². The summed E-state index contributed by atoms with van der Waals surface area (Å²) in [6.45, 7) is 11.2. The Labute approximate surface area is 294 Å². The molecule has 1 aromatic carbocycles. The smallest absolute Gasteiger partial charge is 0.246 e. The molecule has 0 N–H and O–H groups in total. The Kier molecular flexibility index (Phi) is 9.27. The number of thiophene rings is 1. The van der Waals surface area contributed by atoms with E-state index in [9.17, 15) is 9.18 Å². The van der Waals surface area contributed by atoms with Gasteiger partial charge in [-0.05, 0) is 75.9 Å². The van der Waals surface area contributed by atoms with Crippen molar-refractivity contribution in [1.29, 1.82) is 0 Å². The average Bonchev–Trinajstić information content (AvgIpc) is 3.84. The third-order valence-corrected chi connectivity index (χ3v) is 11.1. The molecular weight excluding hydrogens is 659 g/mol. The molecule has 6 heterocycles. The first kappa shape index (κ1) is 34.0. The number of carbonyl (C=O) groups is 1. The van der Waals surface area contributed by atoms with Gasteiger partial charge in [-0.15, -0.1) is 11.3 Å². The van der Waals surface area contributed by atoms with Crippen LogP contribution in [-0.2, 0) is 16.1 Å². The molecule has 5 aromatic rings. The molecule has 0 radical (unpaired) electrons. The maximum absolute atomic E-state index is 16.2. The van der Waals surface area contributed by atoms with Crippen LogP contribution in [0.15, 0.2) is 54.6 Å². The van der Waals surface area contributed by atoms with E-state index in [1.54, 1.807) is 4.90 Å². The number of hydrogen-bond acceptors (Lipinski definition) is 8. The van der Waals surface area contributed by atoms with Gasteiger partial charge in [-0.1, -0.05) is 6.58 Å². The highest BCUT2D eigenvalue weighted by atomic mass is 32.1. The standard InChI is InChI=1S/C38H40F2N6O3S/c1-7-33(47)45-11-12-46-31(23(45)4)19-29(43-46)37-35(34-28(40)17-25(39)18-32(34)49-14-13-48-6)38-26(10-15-50-38)36(42-37)24-16-27(22(3)41-20-24)30-9-8-21(2)44(30)5/h7,10,15-21,23,30H,1,8-9,11-14H2,2-6H3. The Bertz CT molecular complexity index is 2110. The monoisotopic (exact) mass is 698 g/mol. The molecule has 2 aliphatic heterocycles. The minimum atomic E-state index is -0.777. The molecule has 0 saturated carbocycles. The second kappa shape index (κ2) is 13.7. The summed E-state index contributed by atoms with van der Waals surface area (Å²) in [5.41, 5.74) is 5.94. The number of amides is 1. The van der Waals surface area contributed by atoms with Crippen molar-refractivity contribution in [3.05, 3.63) is 83.1 Å². The van der Waals surface area contributed by atoms with Crippen LogP contribution in [0.25, 0.3) is 43.9 Å². The fraction of sp³-hybridized carbons (Fsp3) is 0.368. The van der Waals surface area contributed by atoms with Crippen LogP contribution in [0, 0.1) is 18.6 Å². The lowest BCUT2D eigenvalue weighted by Crippen LogP contribution is -2.40. The van der Waals surface area contributed by atoms with Gasteiger partial charge in [-0.25, -0.2) is 13.8 Å². The Hall–Kier alpha value is -4.52. The predicted octanol–water partition coefficient (Wildman–Crippen LogP) is 7.75. The number of likely N-dealkylation sites (tertiary alicyclic amines) is 1. The Morgan fingerprint density at radius 3 is 2.66 bits per heavy atom. The normalized spacial score (nSPS) is 19.3. The quantitative estimate of drug-likeness (QED) is 0.115. The minimum Gasteiger partial charge on any atom is -0.490 e. The van der Waals surface area contributed by atoms with E-state index >= 15 is 4.39 Å². The van der Waals surface area contributed by atoms with Gasteiger partial charge in [-0.3, -0.25) is 19.4 Å². The third-order valence-electron chi connectivity index (χ3n) is 10.2. The summed E-state index contributed by atoms with van der Waals surface area (Å²) in [6.07, 6.45) is 5.30. The predicted molar refractivity (Wildman–Crippen MR) is 191 cm³/mol. The van der Waals surface area contributed by atoms with Gasteiger partial charge in [0.05, 0.1) is 36.1 Å². The average molecular weight is 699 g/mol. The highest BCUT2D eigenvalue weighted by Gasteiger charge is 2.33. The number of halogens is 2. The number of aryl methyl sites for hydroxylation is 1. The number of fused-ring (bicyclic) bond motifs is 2. The SMILES string of the molecule is C=CC(=O)N1CCn2nc(-c3nc(-c4cnc(C)c(C5CCC(C)N5C)c4)c4ccsc4c3-c3c(F)cc(F)cc3OCCOC)cc2C1C. The molecular formula is C38H40F2N6O3S. The Balaban J connectivity index is 1.48. The van der Waals surface area contributed by atoms with Crippen molar-refractivity contribution in [1.82, 2.24) is 29.5 Å². The second-order valence-electron chi connectivity index (χ2n) is 13.0. The van der Waals surface area contributed by atoms with Crippen LogP contribution in [0.1, 0.15) is 55.7 Å². The van der Waals surface area contributed by atoms with Crippen molar-refractivity contribution in [3.63, 3.8) is 0 Å². The summed E-state index contributed by atoms with van der Waals surface area (Å²) in [7, 11) is 3.69. The highest BCUT2D eigenvalue weighted by molar-refractivity contribution is 7.18. The van der Waals surface area contributed by atoms with E-state index < -0.39 is 11.6 Å². The van der Waals surface area contributed by atoms with Crippen LogP contribution >= 0.6 is 11.3 Å². The van der Waals surface area contributed by atoms with Gasteiger partial charge < -0.3 is 14.4 Å². The first-order valence-corrected chi connectivity index (χ1v) is 17.7. The van der Waals surface area contributed by atoms with Crippen LogP contribution in [0.3, 0.4) is 0 Å². The molecule has 9 nitrogen and oxygen atoms in total. The summed E-state index contributed by atoms with van der Waals surface area (Å²) < 4.78 is 44.7. The summed E-state index contributed by atoms with van der Waals surface area (Å²) in [5.74, 6) is -1.65. The first-order chi connectivity index (χ1) is 24.1. The maximum Gasteiger partial charge on any atom is 0.246 e. The number of nitrogens with zero attached hydrogens (tertiary/aromatic N) is 6. The molecule has 0 spiro atoms. The van der Waals surface area contributed by atoms with Crippen LogP contribution in [0.4, 0.5) is 8.78 Å². The number of ether oxygens (including phenoxy) is 2. The molecule has 12 heteroatoms. The lowest BCUT2D eigenvalue weighted by molar-refractivity contribution is -0.129. The van der Waals surface area contributed by atoms with E-state index in [1.807, 2.05) is 42.2 Å². The molecule has 260 valence electrons.